The predicted molar refractivity (Wildman–Crippen MR) is 216 cm³/mol. The van der Waals surface area contributed by atoms with Crippen LogP contribution in [0.5, 0.6) is 0 Å². The summed E-state index contributed by atoms with van der Waals surface area (Å²) in [5, 5.41) is 9.59. The van der Waals surface area contributed by atoms with Crippen LogP contribution >= 0.6 is 0 Å². The minimum absolute atomic E-state index is 0.133. The van der Waals surface area contributed by atoms with E-state index in [1.165, 1.54) is 46.6 Å². The molecule has 11 aromatic rings. The molecule has 242 valence electrons. The van der Waals surface area contributed by atoms with Gasteiger partial charge in [-0.05, 0) is 6.07 Å². The van der Waals surface area contributed by atoms with E-state index >= 15 is 0 Å². The van der Waals surface area contributed by atoms with Crippen LogP contribution in [0.1, 0.15) is 0 Å². The normalized spacial score (nSPS) is 11.8. The number of hydrogen-bond donors (Lipinski definition) is 0. The molecule has 0 fully saturated rings. The summed E-state index contributed by atoms with van der Waals surface area (Å²) in [4.78, 5) is 15.6. The summed E-state index contributed by atoms with van der Waals surface area (Å²) in [6.07, 6.45) is 0. The van der Waals surface area contributed by atoms with E-state index in [-0.39, 0.29) is 14.5 Å². The first-order chi connectivity index (χ1) is 25.8. The van der Waals surface area contributed by atoms with Crippen LogP contribution in [0.3, 0.4) is 0 Å². The summed E-state index contributed by atoms with van der Waals surface area (Å²) in [5.41, 5.74) is 7.09. The van der Waals surface area contributed by atoms with Crippen molar-refractivity contribution in [2.45, 2.75) is 0 Å². The quantitative estimate of drug-likeness (QED) is 0.134. The van der Waals surface area contributed by atoms with Crippen LogP contribution in [0.25, 0.3) is 108 Å². The molecule has 0 aliphatic rings. The molecule has 52 heavy (non-hydrogen) atoms. The minimum atomic E-state index is 0.133. The van der Waals surface area contributed by atoms with Crippen LogP contribution in [-0.4, -0.2) is 29.5 Å². The summed E-state index contributed by atoms with van der Waals surface area (Å²) in [6, 6.07) is 57.6. The van der Waals surface area contributed by atoms with Gasteiger partial charge in [0.1, 0.15) is 0 Å². The molecule has 5 heteroatoms. The van der Waals surface area contributed by atoms with E-state index in [1.807, 2.05) is 48.5 Å². The molecule has 0 aliphatic carbocycles. The Hall–Kier alpha value is -6.39. The van der Waals surface area contributed by atoms with Gasteiger partial charge in [0.25, 0.3) is 0 Å². The molecule has 0 unspecified atom stereocenters. The van der Waals surface area contributed by atoms with E-state index in [4.69, 9.17) is 19.4 Å². The molecule has 8 aromatic carbocycles. The number of para-hydroxylation sites is 1. The Morgan fingerprint density at radius 2 is 0.962 bits per heavy atom. The maximum atomic E-state index is 6.27. The molecule has 0 bridgehead atoms. The van der Waals surface area contributed by atoms with E-state index in [9.17, 15) is 0 Å². The van der Waals surface area contributed by atoms with Crippen LogP contribution in [0.15, 0.2) is 168 Å². The average Bonchev–Trinajstić information content (AvgIpc) is 3.80. The Bertz CT molecular complexity index is 3180. The Labute approximate surface area is 304 Å². The van der Waals surface area contributed by atoms with Gasteiger partial charge in [0.2, 0.25) is 0 Å². The molecule has 0 atom stereocenters. The number of fused-ring (bicyclic) bond motifs is 10. The molecule has 3 heterocycles. The van der Waals surface area contributed by atoms with Crippen molar-refractivity contribution < 1.29 is 4.42 Å². The molecule has 4 nitrogen and oxygen atoms in total. The summed E-state index contributed by atoms with van der Waals surface area (Å²) < 4.78 is 9.16. The number of nitrogens with zero attached hydrogens (tertiary/aromatic N) is 3. The second-order valence-corrected chi connectivity index (χ2v) is 15.3. The second-order valence-electron chi connectivity index (χ2n) is 13.1. The molecule has 0 radical (unpaired) electrons. The second kappa shape index (κ2) is 11.6. The number of rotatable bonds is 4. The third kappa shape index (κ3) is 4.50. The van der Waals surface area contributed by atoms with Gasteiger partial charge in [-0.3, -0.25) is 0 Å². The fourth-order valence-corrected chi connectivity index (χ4v) is 10.7. The predicted octanol–water partition coefficient (Wildman–Crippen LogP) is 12.1. The molecular formula is C47H27N3OSe. The van der Waals surface area contributed by atoms with Crippen molar-refractivity contribution in [1.29, 1.82) is 0 Å². The Morgan fingerprint density at radius 1 is 0.365 bits per heavy atom. The molecule has 0 amide bonds. The van der Waals surface area contributed by atoms with Gasteiger partial charge in [0.15, 0.2) is 0 Å². The van der Waals surface area contributed by atoms with Gasteiger partial charge >= 0.3 is 288 Å². The van der Waals surface area contributed by atoms with Crippen molar-refractivity contribution in [3.05, 3.63) is 164 Å². The maximum absolute atomic E-state index is 6.27. The number of aromatic nitrogens is 3. The summed E-state index contributed by atoms with van der Waals surface area (Å²) in [5.74, 6) is 1.90. The first-order valence-electron chi connectivity index (χ1n) is 17.4. The van der Waals surface area contributed by atoms with Crippen LogP contribution in [0, 0.1) is 0 Å². The van der Waals surface area contributed by atoms with Gasteiger partial charge in [-0.15, -0.1) is 0 Å². The SMILES string of the molecule is c1ccc(-c2nc(-c3cc4ccc5c6cccc(-c7ccccc7)c6[se]c5c4c4ccccc34)nc(-c3cccc4oc5ccccc5c34)n2)cc1. The number of furan rings is 1. The summed E-state index contributed by atoms with van der Waals surface area (Å²) in [7, 11) is 0. The van der Waals surface area contributed by atoms with Gasteiger partial charge in [0, 0.05) is 0 Å². The molecule has 0 saturated heterocycles. The third-order valence-corrected chi connectivity index (χ3v) is 12.8. The molecule has 0 saturated carbocycles. The van der Waals surface area contributed by atoms with Gasteiger partial charge in [-0.1, -0.05) is 12.1 Å². The van der Waals surface area contributed by atoms with Gasteiger partial charge in [-0.25, -0.2) is 0 Å². The molecule has 0 aliphatic heterocycles. The van der Waals surface area contributed by atoms with E-state index in [2.05, 4.69) is 115 Å². The third-order valence-electron chi connectivity index (χ3n) is 10.1. The van der Waals surface area contributed by atoms with Crippen molar-refractivity contribution in [2.75, 3.05) is 0 Å². The first kappa shape index (κ1) is 29.4. The zero-order valence-corrected chi connectivity index (χ0v) is 29.5. The molecule has 0 spiro atoms. The van der Waals surface area contributed by atoms with Crippen LogP contribution < -0.4 is 0 Å². The Kier molecular flexibility index (Phi) is 6.53. The zero-order chi connectivity index (χ0) is 34.2. The van der Waals surface area contributed by atoms with E-state index in [0.717, 1.165) is 44.0 Å². The first-order valence-corrected chi connectivity index (χ1v) is 19.1. The topological polar surface area (TPSA) is 51.8 Å². The standard InChI is InChI=1S/C47H27N3OSe/c1-3-13-28(14-4-1)31-20-11-21-34-35-26-25-30-27-38(32-17-7-8-18-33(32)41(30)44(35)52-43(31)34)47-49-45(29-15-5-2-6-16-29)48-46(50-47)37-22-12-24-40-42(37)36-19-9-10-23-39(36)51-40/h1-27H. The van der Waals surface area contributed by atoms with Crippen LogP contribution in [0.4, 0.5) is 0 Å². The molecule has 3 aromatic heterocycles. The Morgan fingerprint density at radius 3 is 1.79 bits per heavy atom. The number of hydrogen-bond acceptors (Lipinski definition) is 4. The molecular weight excluding hydrogens is 701 g/mol. The van der Waals surface area contributed by atoms with Crippen molar-refractivity contribution in [3.63, 3.8) is 0 Å². The van der Waals surface area contributed by atoms with Crippen molar-refractivity contribution in [1.82, 2.24) is 15.0 Å². The fraction of sp³-hybridized carbons (Fsp3) is 0. The van der Waals surface area contributed by atoms with Crippen LogP contribution in [-0.2, 0) is 0 Å². The van der Waals surface area contributed by atoms with E-state index < -0.39 is 0 Å². The molecule has 11 rings (SSSR count). The van der Waals surface area contributed by atoms with E-state index in [1.54, 1.807) is 0 Å². The monoisotopic (exact) mass is 729 g/mol. The van der Waals surface area contributed by atoms with Crippen LogP contribution in [0.2, 0.25) is 0 Å². The van der Waals surface area contributed by atoms with Crippen molar-refractivity contribution in [3.8, 4) is 45.3 Å². The van der Waals surface area contributed by atoms with Gasteiger partial charge < -0.3 is 0 Å². The van der Waals surface area contributed by atoms with Crippen molar-refractivity contribution >= 4 is 77.3 Å². The van der Waals surface area contributed by atoms with Gasteiger partial charge in [0.05, 0.1) is 0 Å². The number of benzene rings is 8. The summed E-state index contributed by atoms with van der Waals surface area (Å²) in [6.45, 7) is 0. The summed E-state index contributed by atoms with van der Waals surface area (Å²) >= 11 is 0.133. The zero-order valence-electron chi connectivity index (χ0n) is 27.7. The average molecular weight is 729 g/mol. The molecule has 0 N–H and O–H groups in total. The van der Waals surface area contributed by atoms with Gasteiger partial charge in [-0.2, -0.15) is 0 Å². The fourth-order valence-electron chi connectivity index (χ4n) is 7.77. The van der Waals surface area contributed by atoms with Crippen molar-refractivity contribution in [2.24, 2.45) is 0 Å². The Balaban J connectivity index is 1.19. The van der Waals surface area contributed by atoms with E-state index in [0.29, 0.717) is 17.5 Å².